The van der Waals surface area contributed by atoms with Gasteiger partial charge in [0, 0.05) is 16.9 Å². The van der Waals surface area contributed by atoms with Crippen LogP contribution >= 0.6 is 11.6 Å². The van der Waals surface area contributed by atoms with E-state index in [9.17, 15) is 4.39 Å². The molecule has 2 heterocycles. The molecule has 7 heteroatoms. The minimum atomic E-state index is -0.386. The van der Waals surface area contributed by atoms with Gasteiger partial charge < -0.3 is 15.5 Å². The van der Waals surface area contributed by atoms with Crippen molar-refractivity contribution in [3.05, 3.63) is 71.1 Å². The van der Waals surface area contributed by atoms with Crippen molar-refractivity contribution >= 4 is 28.8 Å². The Morgan fingerprint density at radius 2 is 1.92 bits per heavy atom. The highest BCUT2D eigenvalue weighted by molar-refractivity contribution is 6.30. The molecule has 2 aromatic carbocycles. The van der Waals surface area contributed by atoms with E-state index in [1.54, 1.807) is 29.3 Å². The first-order valence-corrected chi connectivity index (χ1v) is 7.86. The Morgan fingerprint density at radius 1 is 1.17 bits per heavy atom. The van der Waals surface area contributed by atoms with Crippen LogP contribution in [0.2, 0.25) is 5.02 Å². The molecule has 24 heavy (non-hydrogen) atoms. The molecule has 1 aromatic heterocycles. The van der Waals surface area contributed by atoms with Crippen LogP contribution < -0.4 is 15.5 Å². The number of para-hydroxylation sites is 1. The highest BCUT2D eigenvalue weighted by atomic mass is 35.5. The maximum atomic E-state index is 14.3. The fourth-order valence-corrected chi connectivity index (χ4v) is 3.06. The quantitative estimate of drug-likeness (QED) is 0.743. The van der Waals surface area contributed by atoms with E-state index in [0.29, 0.717) is 23.2 Å². The number of hydrogen-bond donors (Lipinski definition) is 2. The van der Waals surface area contributed by atoms with Crippen molar-refractivity contribution in [3.8, 4) is 0 Å². The minimum Gasteiger partial charge on any atom is -0.334 e. The predicted molar refractivity (Wildman–Crippen MR) is 92.9 cm³/mol. The van der Waals surface area contributed by atoms with Gasteiger partial charge in [-0.25, -0.2) is 4.39 Å². The number of rotatable bonds is 2. The normalized spacial score (nSPS) is 17.0. The summed E-state index contributed by atoms with van der Waals surface area (Å²) in [5.41, 5.74) is 8.56. The van der Waals surface area contributed by atoms with Gasteiger partial charge in [0.2, 0.25) is 0 Å². The number of nitrogens with one attached hydrogen (secondary N) is 1. The van der Waals surface area contributed by atoms with E-state index >= 15 is 0 Å². The van der Waals surface area contributed by atoms with Gasteiger partial charge in [-0.05, 0) is 36.4 Å². The summed E-state index contributed by atoms with van der Waals surface area (Å²) < 4.78 is 14.3. The Kier molecular flexibility index (Phi) is 3.63. The molecule has 0 spiro atoms. The second-order valence-electron chi connectivity index (χ2n) is 5.58. The molecule has 5 nitrogen and oxygen atoms in total. The van der Waals surface area contributed by atoms with E-state index in [4.69, 9.17) is 17.3 Å². The number of fused-ring (bicyclic) bond motifs is 1. The molecule has 0 saturated carbocycles. The SMILES string of the molecule is NC1c2c[nH]nc2N(c2ccccc2F)CN1c1ccc(Cl)cc1. The van der Waals surface area contributed by atoms with Gasteiger partial charge in [-0.15, -0.1) is 0 Å². The van der Waals surface area contributed by atoms with E-state index < -0.39 is 0 Å². The number of halogens is 2. The summed E-state index contributed by atoms with van der Waals surface area (Å²) in [6, 6.07) is 14.0. The Balaban J connectivity index is 1.80. The zero-order valence-electron chi connectivity index (χ0n) is 12.7. The van der Waals surface area contributed by atoms with Crippen molar-refractivity contribution in [1.29, 1.82) is 0 Å². The summed E-state index contributed by atoms with van der Waals surface area (Å²) in [7, 11) is 0. The third-order valence-electron chi connectivity index (χ3n) is 4.15. The zero-order valence-corrected chi connectivity index (χ0v) is 13.4. The molecule has 4 rings (SSSR count). The van der Waals surface area contributed by atoms with Gasteiger partial charge in [0.05, 0.1) is 17.9 Å². The van der Waals surface area contributed by atoms with Crippen LogP contribution in [-0.4, -0.2) is 16.9 Å². The van der Waals surface area contributed by atoms with Crippen molar-refractivity contribution in [1.82, 2.24) is 10.2 Å². The van der Waals surface area contributed by atoms with E-state index in [1.807, 2.05) is 29.2 Å². The first kappa shape index (κ1) is 15.0. The lowest BCUT2D eigenvalue weighted by Gasteiger charge is -2.41. The molecular weight excluding hydrogens is 329 g/mol. The van der Waals surface area contributed by atoms with Crippen LogP contribution in [0.4, 0.5) is 21.6 Å². The van der Waals surface area contributed by atoms with Crippen molar-refractivity contribution < 1.29 is 4.39 Å². The van der Waals surface area contributed by atoms with E-state index in [1.165, 1.54) is 6.07 Å². The van der Waals surface area contributed by atoms with Crippen molar-refractivity contribution in [2.24, 2.45) is 5.73 Å². The van der Waals surface area contributed by atoms with Gasteiger partial charge in [0.25, 0.3) is 0 Å². The molecule has 1 unspecified atom stereocenters. The first-order chi connectivity index (χ1) is 11.6. The molecule has 0 amide bonds. The van der Waals surface area contributed by atoms with E-state index in [-0.39, 0.29) is 12.0 Å². The Labute approximate surface area is 143 Å². The largest absolute Gasteiger partial charge is 0.334 e. The molecule has 1 aliphatic heterocycles. The van der Waals surface area contributed by atoms with Crippen molar-refractivity contribution in [2.45, 2.75) is 6.17 Å². The molecule has 0 fully saturated rings. The van der Waals surface area contributed by atoms with Gasteiger partial charge in [-0.2, -0.15) is 5.10 Å². The molecule has 0 bridgehead atoms. The molecule has 0 aliphatic carbocycles. The van der Waals surface area contributed by atoms with Gasteiger partial charge >= 0.3 is 0 Å². The number of aromatic nitrogens is 2. The maximum Gasteiger partial charge on any atom is 0.163 e. The number of aromatic amines is 1. The molecule has 3 N–H and O–H groups in total. The third-order valence-corrected chi connectivity index (χ3v) is 4.41. The van der Waals surface area contributed by atoms with Crippen LogP contribution in [0.1, 0.15) is 11.7 Å². The van der Waals surface area contributed by atoms with Gasteiger partial charge in [0.1, 0.15) is 12.0 Å². The number of nitrogens with zero attached hydrogens (tertiary/aromatic N) is 3. The average molecular weight is 344 g/mol. The van der Waals surface area contributed by atoms with Gasteiger partial charge in [-0.1, -0.05) is 23.7 Å². The van der Waals surface area contributed by atoms with E-state index in [0.717, 1.165) is 11.3 Å². The molecule has 0 radical (unpaired) electrons. The lowest BCUT2D eigenvalue weighted by molar-refractivity contribution is 0.594. The molecular formula is C17H15ClFN5. The maximum absolute atomic E-state index is 14.3. The van der Waals surface area contributed by atoms with E-state index in [2.05, 4.69) is 10.2 Å². The highest BCUT2D eigenvalue weighted by Gasteiger charge is 2.33. The molecule has 1 atom stereocenters. The van der Waals surface area contributed by atoms with Gasteiger partial charge in [0.15, 0.2) is 5.82 Å². The van der Waals surface area contributed by atoms with Crippen LogP contribution in [0.15, 0.2) is 54.7 Å². The second kappa shape index (κ2) is 5.81. The predicted octanol–water partition coefficient (Wildman–Crippen LogP) is 3.78. The smallest absolute Gasteiger partial charge is 0.163 e. The molecule has 0 saturated heterocycles. The lowest BCUT2D eigenvalue weighted by atomic mass is 10.1. The van der Waals surface area contributed by atoms with Gasteiger partial charge in [-0.3, -0.25) is 5.10 Å². The summed E-state index contributed by atoms with van der Waals surface area (Å²) in [6.45, 7) is 0.377. The Morgan fingerprint density at radius 3 is 2.67 bits per heavy atom. The lowest BCUT2D eigenvalue weighted by Crippen LogP contribution is -2.46. The Bertz CT molecular complexity index is 863. The van der Waals surface area contributed by atoms with Crippen LogP contribution in [0.25, 0.3) is 0 Å². The van der Waals surface area contributed by atoms with Crippen LogP contribution in [0.3, 0.4) is 0 Å². The number of hydrogen-bond acceptors (Lipinski definition) is 4. The van der Waals surface area contributed by atoms with Crippen LogP contribution in [0, 0.1) is 5.82 Å². The average Bonchev–Trinajstić information content (AvgIpc) is 3.08. The summed E-state index contributed by atoms with van der Waals surface area (Å²) in [6.07, 6.45) is 1.36. The minimum absolute atomic E-state index is 0.307. The van der Waals surface area contributed by atoms with Crippen molar-refractivity contribution in [2.75, 3.05) is 16.5 Å². The second-order valence-corrected chi connectivity index (χ2v) is 6.01. The van der Waals surface area contributed by atoms with Crippen LogP contribution in [-0.2, 0) is 0 Å². The summed E-state index contributed by atoms with van der Waals surface area (Å²) in [5.74, 6) is 0.329. The number of nitrogens with two attached hydrogens (primary N) is 1. The Hall–Kier alpha value is -2.57. The van der Waals surface area contributed by atoms with Crippen LogP contribution in [0.5, 0.6) is 0 Å². The number of benzene rings is 2. The topological polar surface area (TPSA) is 61.2 Å². The molecule has 122 valence electrons. The zero-order chi connectivity index (χ0) is 16.7. The fourth-order valence-electron chi connectivity index (χ4n) is 2.94. The number of anilines is 3. The molecule has 3 aromatic rings. The van der Waals surface area contributed by atoms with Crippen molar-refractivity contribution in [3.63, 3.8) is 0 Å². The highest BCUT2D eigenvalue weighted by Crippen LogP contribution is 2.39. The first-order valence-electron chi connectivity index (χ1n) is 7.48. The summed E-state index contributed by atoms with van der Waals surface area (Å²) in [5, 5.41) is 7.74. The number of H-pyrrole nitrogens is 1. The molecule has 1 aliphatic rings. The third kappa shape index (κ3) is 2.40. The standard InChI is InChI=1S/C17H15ClFN5/c18-11-5-7-12(8-6-11)23-10-24(15-4-2-1-3-14(15)19)17-13(16(23)20)9-21-22-17/h1-9,16H,10,20H2,(H,21,22). The monoisotopic (exact) mass is 343 g/mol. The summed E-state index contributed by atoms with van der Waals surface area (Å²) in [4.78, 5) is 3.78. The summed E-state index contributed by atoms with van der Waals surface area (Å²) >= 11 is 5.97. The fraction of sp³-hybridized carbons (Fsp3) is 0.118.